The summed E-state index contributed by atoms with van der Waals surface area (Å²) in [6, 6.07) is 17.6. The summed E-state index contributed by atoms with van der Waals surface area (Å²) in [5.41, 5.74) is 1.79. The molecule has 0 saturated heterocycles. The molecular formula is C21H24N4O2S. The van der Waals surface area contributed by atoms with Gasteiger partial charge in [0, 0.05) is 20.2 Å². The quantitative estimate of drug-likeness (QED) is 0.570. The molecule has 6 nitrogen and oxygen atoms in total. The molecule has 0 fully saturated rings. The molecular weight excluding hydrogens is 372 g/mol. The van der Waals surface area contributed by atoms with Gasteiger partial charge in [0.1, 0.15) is 5.82 Å². The van der Waals surface area contributed by atoms with Crippen molar-refractivity contribution < 1.29 is 4.74 Å². The Balaban J connectivity index is 1.67. The van der Waals surface area contributed by atoms with E-state index >= 15 is 0 Å². The van der Waals surface area contributed by atoms with Crippen LogP contribution in [0.2, 0.25) is 0 Å². The average molecular weight is 397 g/mol. The Labute approximate surface area is 169 Å². The number of rotatable bonds is 8. The normalized spacial score (nSPS) is 10.8. The van der Waals surface area contributed by atoms with Crippen LogP contribution < -0.4 is 10.9 Å². The van der Waals surface area contributed by atoms with Gasteiger partial charge in [0.25, 0.3) is 5.56 Å². The molecule has 0 unspecified atom stereocenters. The van der Waals surface area contributed by atoms with E-state index in [0.717, 1.165) is 13.0 Å². The highest BCUT2D eigenvalue weighted by molar-refractivity contribution is 7.80. The van der Waals surface area contributed by atoms with Gasteiger partial charge in [-0.05, 0) is 36.3 Å². The zero-order valence-electron chi connectivity index (χ0n) is 15.9. The van der Waals surface area contributed by atoms with E-state index in [0.29, 0.717) is 41.5 Å². The van der Waals surface area contributed by atoms with Crippen molar-refractivity contribution in [3.63, 3.8) is 0 Å². The highest BCUT2D eigenvalue weighted by Gasteiger charge is 2.13. The maximum absolute atomic E-state index is 12.3. The lowest BCUT2D eigenvalue weighted by atomic mass is 10.1. The second kappa shape index (κ2) is 9.96. The molecule has 0 aliphatic rings. The van der Waals surface area contributed by atoms with Crippen LogP contribution in [0.5, 0.6) is 0 Å². The summed E-state index contributed by atoms with van der Waals surface area (Å²) in [4.78, 5) is 21.7. The minimum Gasteiger partial charge on any atom is -0.383 e. The number of nitrogens with zero attached hydrogens (tertiary/aromatic N) is 2. The predicted molar refractivity (Wildman–Crippen MR) is 115 cm³/mol. The molecule has 7 heteroatoms. The van der Waals surface area contributed by atoms with Gasteiger partial charge >= 0.3 is 0 Å². The number of fused-ring (bicyclic) bond motifs is 1. The van der Waals surface area contributed by atoms with Gasteiger partial charge in [-0.3, -0.25) is 4.79 Å². The maximum Gasteiger partial charge on any atom is 0.258 e. The van der Waals surface area contributed by atoms with Gasteiger partial charge in [0.2, 0.25) is 0 Å². The first kappa shape index (κ1) is 20.0. The number of aromatic amines is 1. The zero-order valence-corrected chi connectivity index (χ0v) is 16.7. The first-order chi connectivity index (χ1) is 13.7. The lowest BCUT2D eigenvalue weighted by Crippen LogP contribution is -2.42. The molecule has 28 heavy (non-hydrogen) atoms. The second-order valence-electron chi connectivity index (χ2n) is 6.41. The lowest BCUT2D eigenvalue weighted by molar-refractivity contribution is 0.173. The molecule has 0 aliphatic heterocycles. The second-order valence-corrected chi connectivity index (χ2v) is 6.80. The van der Waals surface area contributed by atoms with Gasteiger partial charge in [-0.15, -0.1) is 0 Å². The number of H-pyrrole nitrogens is 1. The third-order valence-electron chi connectivity index (χ3n) is 4.39. The van der Waals surface area contributed by atoms with Crippen molar-refractivity contribution in [1.29, 1.82) is 0 Å². The van der Waals surface area contributed by atoms with Gasteiger partial charge in [0.15, 0.2) is 5.11 Å². The van der Waals surface area contributed by atoms with E-state index in [2.05, 4.69) is 27.4 Å². The first-order valence-corrected chi connectivity index (χ1v) is 9.62. The van der Waals surface area contributed by atoms with E-state index in [4.69, 9.17) is 17.0 Å². The van der Waals surface area contributed by atoms with Crippen molar-refractivity contribution in [2.24, 2.45) is 0 Å². The summed E-state index contributed by atoms with van der Waals surface area (Å²) in [6.07, 6.45) is 0.879. The summed E-state index contributed by atoms with van der Waals surface area (Å²) in [5.74, 6) is 0.576. The third kappa shape index (κ3) is 5.37. The Morgan fingerprint density at radius 3 is 2.71 bits per heavy atom. The molecule has 0 saturated carbocycles. The molecule has 2 N–H and O–H groups in total. The van der Waals surface area contributed by atoms with Crippen LogP contribution in [0.1, 0.15) is 11.4 Å². The summed E-state index contributed by atoms with van der Waals surface area (Å²) in [5, 5.41) is 4.49. The van der Waals surface area contributed by atoms with Gasteiger partial charge < -0.3 is 19.9 Å². The third-order valence-corrected chi connectivity index (χ3v) is 4.79. The molecule has 146 valence electrons. The summed E-state index contributed by atoms with van der Waals surface area (Å²) in [7, 11) is 1.65. The van der Waals surface area contributed by atoms with Crippen LogP contribution in [-0.4, -0.2) is 46.8 Å². The molecule has 2 aromatic carbocycles. The number of hydrogen-bond donors (Lipinski definition) is 2. The Kier molecular flexibility index (Phi) is 7.11. The smallest absolute Gasteiger partial charge is 0.258 e. The molecule has 1 aromatic heterocycles. The van der Waals surface area contributed by atoms with Crippen LogP contribution in [0.25, 0.3) is 10.9 Å². The van der Waals surface area contributed by atoms with Gasteiger partial charge in [-0.2, -0.15) is 0 Å². The van der Waals surface area contributed by atoms with Gasteiger partial charge in [-0.25, -0.2) is 4.98 Å². The van der Waals surface area contributed by atoms with E-state index in [1.165, 1.54) is 5.56 Å². The van der Waals surface area contributed by atoms with Crippen molar-refractivity contribution in [2.45, 2.75) is 13.0 Å². The largest absolute Gasteiger partial charge is 0.383 e. The SMILES string of the molecule is COCCN(Cc1nc2ccccc2c(=O)[nH]1)C(=S)NCCc1ccccc1. The highest BCUT2D eigenvalue weighted by Crippen LogP contribution is 2.07. The molecule has 0 aliphatic carbocycles. The van der Waals surface area contributed by atoms with Gasteiger partial charge in [-0.1, -0.05) is 42.5 Å². The van der Waals surface area contributed by atoms with Crippen LogP contribution in [0.4, 0.5) is 0 Å². The number of aromatic nitrogens is 2. The molecule has 0 atom stereocenters. The van der Waals surface area contributed by atoms with Crippen LogP contribution in [0.3, 0.4) is 0 Å². The Morgan fingerprint density at radius 2 is 1.93 bits per heavy atom. The number of nitrogens with one attached hydrogen (secondary N) is 2. The molecule has 1 heterocycles. The van der Waals surface area contributed by atoms with Crippen molar-refractivity contribution >= 4 is 28.2 Å². The van der Waals surface area contributed by atoms with E-state index in [1.807, 2.05) is 41.3 Å². The molecule has 3 rings (SSSR count). The van der Waals surface area contributed by atoms with Crippen LogP contribution in [0.15, 0.2) is 59.4 Å². The molecule has 0 amide bonds. The van der Waals surface area contributed by atoms with E-state index in [-0.39, 0.29) is 5.56 Å². The number of ether oxygens (including phenoxy) is 1. The monoisotopic (exact) mass is 396 g/mol. The molecule has 3 aromatic rings. The standard InChI is InChI=1S/C21H24N4O2S/c1-27-14-13-25(21(28)22-12-11-16-7-3-2-4-8-16)15-19-23-18-10-6-5-9-17(18)20(26)24-19/h2-10H,11-15H2,1H3,(H,22,28)(H,23,24,26). The van der Waals surface area contributed by atoms with Crippen molar-refractivity contribution in [3.8, 4) is 0 Å². The number of methoxy groups -OCH3 is 1. The first-order valence-electron chi connectivity index (χ1n) is 9.21. The number of hydrogen-bond acceptors (Lipinski definition) is 4. The fourth-order valence-electron chi connectivity index (χ4n) is 2.91. The molecule has 0 radical (unpaired) electrons. The van der Waals surface area contributed by atoms with E-state index < -0.39 is 0 Å². The van der Waals surface area contributed by atoms with Crippen molar-refractivity contribution in [3.05, 3.63) is 76.3 Å². The summed E-state index contributed by atoms with van der Waals surface area (Å²) in [6.45, 7) is 2.26. The van der Waals surface area contributed by atoms with Crippen LogP contribution in [0, 0.1) is 0 Å². The van der Waals surface area contributed by atoms with Crippen LogP contribution >= 0.6 is 12.2 Å². The topological polar surface area (TPSA) is 70.2 Å². The van der Waals surface area contributed by atoms with Crippen molar-refractivity contribution in [2.75, 3.05) is 26.8 Å². The maximum atomic E-state index is 12.3. The van der Waals surface area contributed by atoms with Crippen LogP contribution in [-0.2, 0) is 17.7 Å². The van der Waals surface area contributed by atoms with E-state index in [1.54, 1.807) is 13.2 Å². The lowest BCUT2D eigenvalue weighted by Gasteiger charge is -2.25. The number of thiocarbonyl (C=S) groups is 1. The minimum atomic E-state index is -0.143. The summed E-state index contributed by atoms with van der Waals surface area (Å²) < 4.78 is 5.21. The fourth-order valence-corrected chi connectivity index (χ4v) is 3.17. The van der Waals surface area contributed by atoms with Gasteiger partial charge in [0.05, 0.1) is 24.1 Å². The Bertz CT molecular complexity index is 975. The highest BCUT2D eigenvalue weighted by atomic mass is 32.1. The van der Waals surface area contributed by atoms with E-state index in [9.17, 15) is 4.79 Å². The summed E-state index contributed by atoms with van der Waals surface area (Å²) >= 11 is 5.57. The number of para-hydroxylation sites is 1. The molecule has 0 spiro atoms. The zero-order chi connectivity index (χ0) is 19.8. The van der Waals surface area contributed by atoms with Crippen molar-refractivity contribution in [1.82, 2.24) is 20.2 Å². The minimum absolute atomic E-state index is 0.143. The fraction of sp³-hybridized carbons (Fsp3) is 0.286. The Morgan fingerprint density at radius 1 is 1.18 bits per heavy atom. The number of benzene rings is 2. The molecule has 0 bridgehead atoms. The predicted octanol–water partition coefficient (Wildman–Crippen LogP) is 2.49. The Hall–Kier alpha value is -2.77. The average Bonchev–Trinajstić information content (AvgIpc) is 2.72.